The molecule has 0 bridgehead atoms. The third-order valence-electron chi connectivity index (χ3n) is 2.22. The molecule has 1 rings (SSSR count). The Morgan fingerprint density at radius 2 is 1.87 bits per heavy atom. The number of rotatable bonds is 2. The van der Waals surface area contributed by atoms with Crippen molar-refractivity contribution in [3.63, 3.8) is 0 Å². The molecule has 0 saturated heterocycles. The molecule has 0 amide bonds. The lowest BCUT2D eigenvalue weighted by Crippen LogP contribution is -2.49. The van der Waals surface area contributed by atoms with E-state index in [1.165, 1.54) is 0 Å². The van der Waals surface area contributed by atoms with Crippen LogP contribution in [0.25, 0.3) is 0 Å². The van der Waals surface area contributed by atoms with Gasteiger partial charge in [-0.1, -0.05) is 0 Å². The van der Waals surface area contributed by atoms with E-state index >= 15 is 0 Å². The molecule has 0 aromatic heterocycles. The van der Waals surface area contributed by atoms with Gasteiger partial charge in [0, 0.05) is 6.42 Å². The Bertz CT molecular complexity index is 334. The summed E-state index contributed by atoms with van der Waals surface area (Å²) in [6.45, 7) is 0. The zero-order chi connectivity index (χ0) is 11.8. The third kappa shape index (κ3) is 1.99. The molecule has 3 atom stereocenters. The maximum atomic E-state index is 10.6. The van der Waals surface area contributed by atoms with Gasteiger partial charge in [0.2, 0.25) is 0 Å². The highest BCUT2D eigenvalue weighted by molar-refractivity contribution is 5.91. The van der Waals surface area contributed by atoms with Crippen LogP contribution < -0.4 is 0 Å². The Kier molecular flexibility index (Phi) is 2.80. The van der Waals surface area contributed by atoms with Crippen molar-refractivity contribution < 1.29 is 35.1 Å². The molecule has 15 heavy (non-hydrogen) atoms. The van der Waals surface area contributed by atoms with Crippen molar-refractivity contribution >= 4 is 11.9 Å². The Morgan fingerprint density at radius 3 is 2.27 bits per heavy atom. The Balaban J connectivity index is 3.17. The zero-order valence-electron chi connectivity index (χ0n) is 7.49. The van der Waals surface area contributed by atoms with Crippen LogP contribution in [-0.2, 0) is 9.59 Å². The highest BCUT2D eigenvalue weighted by Gasteiger charge is 2.45. The van der Waals surface area contributed by atoms with Crippen molar-refractivity contribution in [3.8, 4) is 0 Å². The summed E-state index contributed by atoms with van der Waals surface area (Å²) in [4.78, 5) is 21.2. The van der Waals surface area contributed by atoms with Crippen LogP contribution in [0.4, 0.5) is 0 Å². The second-order valence-electron chi connectivity index (χ2n) is 3.35. The van der Waals surface area contributed by atoms with E-state index in [4.69, 9.17) is 10.2 Å². The molecule has 7 heteroatoms. The molecule has 0 aromatic rings. The second-order valence-corrected chi connectivity index (χ2v) is 3.35. The van der Waals surface area contributed by atoms with Gasteiger partial charge in [-0.25, -0.2) is 9.59 Å². The maximum Gasteiger partial charge on any atom is 0.339 e. The zero-order valence-corrected chi connectivity index (χ0v) is 7.49. The maximum absolute atomic E-state index is 10.6. The average Bonchev–Trinajstić information content (AvgIpc) is 2.10. The molecular weight excluding hydrogens is 208 g/mol. The van der Waals surface area contributed by atoms with E-state index < -0.39 is 41.7 Å². The van der Waals surface area contributed by atoms with Crippen molar-refractivity contribution in [2.24, 2.45) is 0 Å². The molecule has 0 aromatic carbocycles. The van der Waals surface area contributed by atoms with Gasteiger partial charge in [-0.05, 0) is 6.08 Å². The van der Waals surface area contributed by atoms with Crippen LogP contribution in [0.15, 0.2) is 11.6 Å². The van der Waals surface area contributed by atoms with Crippen LogP contribution in [-0.4, -0.2) is 55.3 Å². The minimum Gasteiger partial charge on any atom is -0.479 e. The molecule has 0 fully saturated rings. The van der Waals surface area contributed by atoms with E-state index in [1.807, 2.05) is 0 Å². The first-order valence-electron chi connectivity index (χ1n) is 4.06. The minimum absolute atomic E-state index is 0.537. The van der Waals surface area contributed by atoms with Gasteiger partial charge in [0.1, 0.15) is 6.10 Å². The molecule has 84 valence electrons. The summed E-state index contributed by atoms with van der Waals surface area (Å²) < 4.78 is 0. The lowest BCUT2D eigenvalue weighted by atomic mass is 9.83. The van der Waals surface area contributed by atoms with Crippen LogP contribution >= 0.6 is 0 Å². The van der Waals surface area contributed by atoms with Crippen LogP contribution in [0.1, 0.15) is 6.42 Å². The smallest absolute Gasteiger partial charge is 0.339 e. The molecule has 3 unspecified atom stereocenters. The molecule has 0 heterocycles. The Hall–Kier alpha value is -1.44. The van der Waals surface area contributed by atoms with Gasteiger partial charge in [-0.15, -0.1) is 0 Å². The fraction of sp³-hybridized carbons (Fsp3) is 0.500. The molecule has 0 saturated carbocycles. The van der Waals surface area contributed by atoms with Gasteiger partial charge in [0.15, 0.2) is 5.60 Å². The van der Waals surface area contributed by atoms with E-state index in [0.717, 1.165) is 0 Å². The summed E-state index contributed by atoms with van der Waals surface area (Å²) in [6.07, 6.45) is -3.43. The Labute approximate surface area is 83.9 Å². The first-order chi connectivity index (χ1) is 6.78. The summed E-state index contributed by atoms with van der Waals surface area (Å²) in [5.41, 5.74) is -3.18. The molecule has 7 nitrogen and oxygen atoms in total. The topological polar surface area (TPSA) is 135 Å². The van der Waals surface area contributed by atoms with Crippen molar-refractivity contribution in [2.45, 2.75) is 24.2 Å². The fourth-order valence-electron chi connectivity index (χ4n) is 1.38. The van der Waals surface area contributed by atoms with Crippen LogP contribution in [0.2, 0.25) is 0 Å². The molecule has 0 aliphatic heterocycles. The highest BCUT2D eigenvalue weighted by atomic mass is 16.4. The third-order valence-corrected chi connectivity index (χ3v) is 2.22. The molecule has 0 radical (unpaired) electrons. The molecular formula is C8H10O7. The molecule has 1 aliphatic carbocycles. The van der Waals surface area contributed by atoms with Gasteiger partial charge >= 0.3 is 11.9 Å². The average molecular weight is 218 g/mol. The van der Waals surface area contributed by atoms with Gasteiger partial charge in [-0.2, -0.15) is 0 Å². The van der Waals surface area contributed by atoms with Gasteiger partial charge < -0.3 is 25.5 Å². The van der Waals surface area contributed by atoms with Crippen LogP contribution in [0, 0.1) is 0 Å². The summed E-state index contributed by atoms with van der Waals surface area (Å²) >= 11 is 0. The van der Waals surface area contributed by atoms with Gasteiger partial charge in [0.05, 0.1) is 11.7 Å². The number of aliphatic hydroxyl groups is 3. The number of carboxylic acid groups (broad SMARTS) is 2. The SMILES string of the molecule is O=C(O)C1=CC(O)(C(=O)O)CC(O)C1O. The molecule has 5 N–H and O–H groups in total. The minimum atomic E-state index is -2.45. The first-order valence-corrected chi connectivity index (χ1v) is 4.06. The number of hydrogen-bond acceptors (Lipinski definition) is 5. The summed E-state index contributed by atoms with van der Waals surface area (Å²) in [7, 11) is 0. The number of carbonyl (C=O) groups is 2. The van der Waals surface area contributed by atoms with Crippen molar-refractivity contribution in [1.29, 1.82) is 0 Å². The predicted molar refractivity (Wildman–Crippen MR) is 44.9 cm³/mol. The van der Waals surface area contributed by atoms with E-state index in [0.29, 0.717) is 6.08 Å². The van der Waals surface area contributed by atoms with Crippen molar-refractivity contribution in [3.05, 3.63) is 11.6 Å². The van der Waals surface area contributed by atoms with E-state index in [2.05, 4.69) is 0 Å². The quantitative estimate of drug-likeness (QED) is 0.359. The van der Waals surface area contributed by atoms with E-state index in [-0.39, 0.29) is 0 Å². The van der Waals surface area contributed by atoms with Crippen LogP contribution in [0.5, 0.6) is 0 Å². The summed E-state index contributed by atoms with van der Waals surface area (Å²) in [6, 6.07) is 0. The largest absolute Gasteiger partial charge is 0.479 e. The number of hydrogen-bond donors (Lipinski definition) is 5. The summed E-state index contributed by atoms with van der Waals surface area (Å²) in [5.74, 6) is -3.26. The first kappa shape index (κ1) is 11.6. The fourth-order valence-corrected chi connectivity index (χ4v) is 1.38. The van der Waals surface area contributed by atoms with Gasteiger partial charge in [-0.3, -0.25) is 0 Å². The number of aliphatic carboxylic acids is 2. The monoisotopic (exact) mass is 218 g/mol. The van der Waals surface area contributed by atoms with Gasteiger partial charge in [0.25, 0.3) is 0 Å². The second kappa shape index (κ2) is 3.61. The number of aliphatic hydroxyl groups excluding tert-OH is 2. The van der Waals surface area contributed by atoms with E-state index in [9.17, 15) is 24.9 Å². The van der Waals surface area contributed by atoms with Crippen LogP contribution in [0.3, 0.4) is 0 Å². The predicted octanol–water partition coefficient (Wildman–Crippen LogP) is -2.06. The Morgan fingerprint density at radius 1 is 1.33 bits per heavy atom. The molecule has 1 aliphatic rings. The van der Waals surface area contributed by atoms with Crippen molar-refractivity contribution in [1.82, 2.24) is 0 Å². The van der Waals surface area contributed by atoms with Crippen molar-refractivity contribution in [2.75, 3.05) is 0 Å². The summed E-state index contributed by atoms with van der Waals surface area (Å²) in [5, 5.41) is 45.1. The highest BCUT2D eigenvalue weighted by Crippen LogP contribution is 2.27. The molecule has 0 spiro atoms. The normalized spacial score (nSPS) is 35.8. The number of carboxylic acids is 2. The lowest BCUT2D eigenvalue weighted by Gasteiger charge is -2.31. The lowest BCUT2D eigenvalue weighted by molar-refractivity contribution is -0.159. The van der Waals surface area contributed by atoms with E-state index in [1.54, 1.807) is 0 Å². The standard InChI is InChI=1S/C8H10O7/c9-4-2-8(15,7(13)14)1-3(5(4)10)6(11)12/h1,4-5,9-10,15H,2H2,(H,11,12)(H,13,14).